The zero-order chi connectivity index (χ0) is 15.0. The third-order valence-electron chi connectivity index (χ3n) is 2.63. The van der Waals surface area contributed by atoms with Crippen LogP contribution in [-0.4, -0.2) is 28.8 Å². The van der Waals surface area contributed by atoms with Crippen molar-refractivity contribution in [3.8, 4) is 0 Å². The van der Waals surface area contributed by atoms with Gasteiger partial charge in [0.2, 0.25) is 5.91 Å². The van der Waals surface area contributed by atoms with E-state index in [1.54, 1.807) is 12.1 Å². The molecule has 0 aliphatic heterocycles. The van der Waals surface area contributed by atoms with Gasteiger partial charge in [-0.1, -0.05) is 37.1 Å². The van der Waals surface area contributed by atoms with Crippen molar-refractivity contribution >= 4 is 35.2 Å². The molecule has 1 aromatic rings. The smallest absolute Gasteiger partial charge is 0.326 e. The van der Waals surface area contributed by atoms with E-state index in [2.05, 4.69) is 5.32 Å². The van der Waals surface area contributed by atoms with E-state index in [0.717, 1.165) is 12.0 Å². The molecule has 0 saturated heterocycles. The number of hydrogen-bond donors (Lipinski definition) is 2. The number of carbonyl (C=O) groups excluding carboxylic acids is 1. The van der Waals surface area contributed by atoms with E-state index in [-0.39, 0.29) is 11.7 Å². The van der Waals surface area contributed by atoms with Crippen LogP contribution in [0.1, 0.15) is 25.3 Å². The van der Waals surface area contributed by atoms with Crippen LogP contribution in [0.4, 0.5) is 0 Å². The van der Waals surface area contributed by atoms with E-state index >= 15 is 0 Å². The zero-order valence-electron chi connectivity index (χ0n) is 11.3. The molecule has 0 bridgehead atoms. The number of hydrogen-bond acceptors (Lipinski definition) is 3. The summed E-state index contributed by atoms with van der Waals surface area (Å²) >= 11 is 7.23. The average Bonchev–Trinajstić information content (AvgIpc) is 2.40. The number of carboxylic acid groups (broad SMARTS) is 1. The molecule has 20 heavy (non-hydrogen) atoms. The first-order valence-electron chi connectivity index (χ1n) is 6.37. The number of halogens is 1. The van der Waals surface area contributed by atoms with Crippen molar-refractivity contribution in [2.45, 2.75) is 31.6 Å². The summed E-state index contributed by atoms with van der Waals surface area (Å²) in [5.41, 5.74) is 1.08. The molecule has 0 saturated carbocycles. The fourth-order valence-corrected chi connectivity index (χ4v) is 2.55. The number of carboxylic acids is 1. The molecule has 1 aromatic carbocycles. The third kappa shape index (κ3) is 6.30. The Balaban J connectivity index is 2.32. The Morgan fingerprint density at radius 3 is 2.55 bits per heavy atom. The molecule has 0 aliphatic carbocycles. The molecule has 0 unspecified atom stereocenters. The highest BCUT2D eigenvalue weighted by Gasteiger charge is 2.18. The van der Waals surface area contributed by atoms with Crippen LogP contribution in [0.2, 0.25) is 5.02 Å². The van der Waals surface area contributed by atoms with Gasteiger partial charge in [-0.2, -0.15) is 0 Å². The Kier molecular flexibility index (Phi) is 7.47. The molecule has 4 nitrogen and oxygen atoms in total. The van der Waals surface area contributed by atoms with Crippen molar-refractivity contribution in [2.24, 2.45) is 0 Å². The molecule has 1 atom stereocenters. The Morgan fingerprint density at radius 1 is 1.35 bits per heavy atom. The maximum Gasteiger partial charge on any atom is 0.326 e. The summed E-state index contributed by atoms with van der Waals surface area (Å²) in [5.74, 6) is -0.292. The fourth-order valence-electron chi connectivity index (χ4n) is 1.62. The lowest BCUT2D eigenvalue weighted by Crippen LogP contribution is -2.41. The average molecular weight is 316 g/mol. The van der Waals surface area contributed by atoms with Crippen LogP contribution in [0.15, 0.2) is 24.3 Å². The van der Waals surface area contributed by atoms with E-state index in [9.17, 15) is 9.59 Å². The lowest BCUT2D eigenvalue weighted by molar-refractivity contribution is -0.141. The van der Waals surface area contributed by atoms with Gasteiger partial charge in [0.05, 0.1) is 5.75 Å². The minimum Gasteiger partial charge on any atom is -0.480 e. The minimum absolute atomic E-state index is 0.246. The number of rotatable bonds is 8. The number of thioether (sulfide) groups is 1. The lowest BCUT2D eigenvalue weighted by atomic mass is 10.2. The normalized spacial score (nSPS) is 11.9. The van der Waals surface area contributed by atoms with Crippen molar-refractivity contribution in [2.75, 3.05) is 5.75 Å². The topological polar surface area (TPSA) is 66.4 Å². The molecule has 6 heteroatoms. The minimum atomic E-state index is -0.983. The van der Waals surface area contributed by atoms with Gasteiger partial charge in [-0.15, -0.1) is 11.8 Å². The summed E-state index contributed by atoms with van der Waals surface area (Å²) in [7, 11) is 0. The summed E-state index contributed by atoms with van der Waals surface area (Å²) in [4.78, 5) is 22.6. The van der Waals surface area contributed by atoms with Crippen molar-refractivity contribution in [3.63, 3.8) is 0 Å². The van der Waals surface area contributed by atoms with Gasteiger partial charge in [-0.25, -0.2) is 4.79 Å². The zero-order valence-corrected chi connectivity index (χ0v) is 12.8. The predicted octanol–water partition coefficient (Wildman–Crippen LogP) is 2.94. The summed E-state index contributed by atoms with van der Waals surface area (Å²) in [6.07, 6.45) is 1.16. The van der Waals surface area contributed by atoms with Crippen molar-refractivity contribution in [3.05, 3.63) is 34.9 Å². The van der Waals surface area contributed by atoms with Gasteiger partial charge in [-0.05, 0) is 24.1 Å². The van der Waals surface area contributed by atoms with E-state index in [4.69, 9.17) is 16.7 Å². The molecule has 1 rings (SSSR count). The maximum atomic E-state index is 11.7. The molecule has 110 valence electrons. The van der Waals surface area contributed by atoms with Gasteiger partial charge in [0.25, 0.3) is 0 Å². The second-order valence-corrected chi connectivity index (χ2v) is 5.79. The van der Waals surface area contributed by atoms with Gasteiger partial charge >= 0.3 is 5.97 Å². The lowest BCUT2D eigenvalue weighted by Gasteiger charge is -2.13. The first-order chi connectivity index (χ1) is 9.52. The predicted molar refractivity (Wildman–Crippen MR) is 82.1 cm³/mol. The highest BCUT2D eigenvalue weighted by atomic mass is 35.5. The van der Waals surface area contributed by atoms with Crippen LogP contribution >= 0.6 is 23.4 Å². The molecule has 0 spiro atoms. The van der Waals surface area contributed by atoms with Crippen molar-refractivity contribution in [1.82, 2.24) is 5.32 Å². The Bertz CT molecular complexity index is 450. The van der Waals surface area contributed by atoms with Crippen LogP contribution in [0, 0.1) is 0 Å². The van der Waals surface area contributed by atoms with Gasteiger partial charge in [0, 0.05) is 10.8 Å². The van der Waals surface area contributed by atoms with E-state index in [1.165, 1.54) is 11.8 Å². The number of aliphatic carboxylic acids is 1. The number of carbonyl (C=O) groups is 2. The first-order valence-corrected chi connectivity index (χ1v) is 7.90. The van der Waals surface area contributed by atoms with Crippen LogP contribution in [0.5, 0.6) is 0 Å². The van der Waals surface area contributed by atoms with E-state index < -0.39 is 12.0 Å². The summed E-state index contributed by atoms with van der Waals surface area (Å²) in [6, 6.07) is 6.64. The van der Waals surface area contributed by atoms with Gasteiger partial charge < -0.3 is 10.4 Å². The standard InChI is InChI=1S/C14H18ClNO3S/c1-2-3-12(14(18)19)16-13(17)9-20-8-10-4-6-11(15)7-5-10/h4-7,12H,2-3,8-9H2,1H3,(H,16,17)(H,18,19)/t12-/m0/s1. The molecular formula is C14H18ClNO3S. The molecule has 1 amide bonds. The van der Waals surface area contributed by atoms with Gasteiger partial charge in [-0.3, -0.25) is 4.79 Å². The largest absolute Gasteiger partial charge is 0.480 e. The van der Waals surface area contributed by atoms with Crippen molar-refractivity contribution < 1.29 is 14.7 Å². The Labute approximate surface area is 127 Å². The molecule has 2 N–H and O–H groups in total. The highest BCUT2D eigenvalue weighted by Crippen LogP contribution is 2.15. The summed E-state index contributed by atoms with van der Waals surface area (Å²) in [5, 5.41) is 12.2. The number of nitrogens with one attached hydrogen (secondary N) is 1. The quantitative estimate of drug-likeness (QED) is 0.774. The molecule has 0 fully saturated rings. The van der Waals surface area contributed by atoms with E-state index in [1.807, 2.05) is 19.1 Å². The Morgan fingerprint density at radius 2 is 2.00 bits per heavy atom. The molecule has 0 aromatic heterocycles. The van der Waals surface area contributed by atoms with Crippen LogP contribution < -0.4 is 5.32 Å². The monoisotopic (exact) mass is 315 g/mol. The fraction of sp³-hybridized carbons (Fsp3) is 0.429. The van der Waals surface area contributed by atoms with E-state index in [0.29, 0.717) is 17.2 Å². The summed E-state index contributed by atoms with van der Waals surface area (Å²) in [6.45, 7) is 1.89. The molecule has 0 radical (unpaired) electrons. The second-order valence-electron chi connectivity index (χ2n) is 4.37. The molecular weight excluding hydrogens is 298 g/mol. The highest BCUT2D eigenvalue weighted by molar-refractivity contribution is 7.99. The second kappa shape index (κ2) is 8.87. The maximum absolute atomic E-state index is 11.7. The van der Waals surface area contributed by atoms with Crippen molar-refractivity contribution in [1.29, 1.82) is 0 Å². The number of amides is 1. The molecule has 0 heterocycles. The van der Waals surface area contributed by atoms with Gasteiger partial charge in [0.1, 0.15) is 6.04 Å². The van der Waals surface area contributed by atoms with Gasteiger partial charge in [0.15, 0.2) is 0 Å². The first kappa shape index (κ1) is 16.9. The SMILES string of the molecule is CCC[C@H](NC(=O)CSCc1ccc(Cl)cc1)C(=O)O. The summed E-state index contributed by atoms with van der Waals surface area (Å²) < 4.78 is 0. The molecule has 0 aliphatic rings. The number of benzene rings is 1. The Hall–Kier alpha value is -1.20. The van der Waals surface area contributed by atoms with Crippen LogP contribution in [0.3, 0.4) is 0 Å². The van der Waals surface area contributed by atoms with Crippen LogP contribution in [-0.2, 0) is 15.3 Å². The third-order valence-corrected chi connectivity index (χ3v) is 3.88. The van der Waals surface area contributed by atoms with Crippen LogP contribution in [0.25, 0.3) is 0 Å².